The van der Waals surface area contributed by atoms with Crippen LogP contribution in [-0.2, 0) is 30.0 Å². The van der Waals surface area contributed by atoms with E-state index in [1.54, 1.807) is 36.4 Å². The van der Waals surface area contributed by atoms with Crippen molar-refractivity contribution in [1.29, 1.82) is 0 Å². The summed E-state index contributed by atoms with van der Waals surface area (Å²) in [5.74, 6) is -1.23. The summed E-state index contributed by atoms with van der Waals surface area (Å²) < 4.78 is 24.3. The van der Waals surface area contributed by atoms with Crippen LogP contribution in [-0.4, -0.2) is 41.2 Å². The number of esters is 2. The SMILES string of the molecule is C=C(C(=O)OC)[C@H](c1ccccc1)N(CC(=O)OC)S(=O)c1ccc(C)cc1. The molecule has 2 atom stereocenters. The minimum atomic E-state index is -1.76. The highest BCUT2D eigenvalue weighted by atomic mass is 32.2. The number of carbonyl (C=O) groups is 2. The van der Waals surface area contributed by atoms with Crippen molar-refractivity contribution in [3.63, 3.8) is 0 Å². The average molecular weight is 401 g/mol. The highest BCUT2D eigenvalue weighted by Gasteiger charge is 2.33. The van der Waals surface area contributed by atoms with Crippen molar-refractivity contribution < 1.29 is 23.3 Å². The molecule has 148 valence electrons. The van der Waals surface area contributed by atoms with Crippen LogP contribution in [0.25, 0.3) is 0 Å². The third kappa shape index (κ3) is 5.15. The van der Waals surface area contributed by atoms with Crippen LogP contribution in [0.3, 0.4) is 0 Å². The molecular formula is C21H23NO5S. The van der Waals surface area contributed by atoms with Crippen LogP contribution < -0.4 is 0 Å². The van der Waals surface area contributed by atoms with Crippen LogP contribution in [0, 0.1) is 6.92 Å². The summed E-state index contributed by atoms with van der Waals surface area (Å²) in [5.41, 5.74) is 1.74. The fraction of sp³-hybridized carbons (Fsp3) is 0.238. The first-order valence-corrected chi connectivity index (χ1v) is 9.63. The van der Waals surface area contributed by atoms with E-state index in [-0.39, 0.29) is 12.1 Å². The molecule has 0 aliphatic rings. The molecule has 0 radical (unpaired) electrons. The summed E-state index contributed by atoms with van der Waals surface area (Å²) in [6.45, 7) is 5.47. The van der Waals surface area contributed by atoms with Gasteiger partial charge in [-0.1, -0.05) is 54.6 Å². The fourth-order valence-electron chi connectivity index (χ4n) is 2.65. The zero-order valence-electron chi connectivity index (χ0n) is 16.1. The standard InChI is InChI=1S/C21H23NO5S/c1-15-10-12-18(13-11-15)28(25)22(14-19(23)26-3)20(16(2)21(24)27-4)17-8-6-5-7-9-17/h5-13,20H,2,14H2,1,3-4H3/t20-,28?/m1/s1. The normalized spacial score (nSPS) is 12.9. The molecule has 0 aliphatic heterocycles. The van der Waals surface area contributed by atoms with E-state index in [1.165, 1.54) is 18.5 Å². The van der Waals surface area contributed by atoms with Gasteiger partial charge in [0.2, 0.25) is 0 Å². The second kappa shape index (κ2) is 9.96. The van der Waals surface area contributed by atoms with Gasteiger partial charge >= 0.3 is 11.9 Å². The van der Waals surface area contributed by atoms with Crippen molar-refractivity contribution in [3.05, 3.63) is 77.9 Å². The average Bonchev–Trinajstić information content (AvgIpc) is 2.73. The van der Waals surface area contributed by atoms with Gasteiger partial charge in [0.05, 0.1) is 30.7 Å². The highest BCUT2D eigenvalue weighted by molar-refractivity contribution is 7.82. The molecule has 0 spiro atoms. The number of benzene rings is 2. The molecule has 0 saturated heterocycles. The predicted octanol–water partition coefficient (Wildman–Crippen LogP) is 2.96. The monoisotopic (exact) mass is 401 g/mol. The van der Waals surface area contributed by atoms with Crippen molar-refractivity contribution in [1.82, 2.24) is 4.31 Å². The molecule has 6 nitrogen and oxygen atoms in total. The van der Waals surface area contributed by atoms with Crippen molar-refractivity contribution in [2.24, 2.45) is 0 Å². The maximum absolute atomic E-state index is 13.4. The van der Waals surface area contributed by atoms with Crippen molar-refractivity contribution in [3.8, 4) is 0 Å². The first kappa shape index (κ1) is 21.5. The van der Waals surface area contributed by atoms with Gasteiger partial charge in [0.15, 0.2) is 0 Å². The lowest BCUT2D eigenvalue weighted by Gasteiger charge is -2.30. The minimum Gasteiger partial charge on any atom is -0.468 e. The zero-order valence-corrected chi connectivity index (χ0v) is 16.9. The van der Waals surface area contributed by atoms with Crippen molar-refractivity contribution in [2.75, 3.05) is 20.8 Å². The number of rotatable bonds is 8. The molecule has 2 aromatic carbocycles. The van der Waals surface area contributed by atoms with Gasteiger partial charge in [0.25, 0.3) is 0 Å². The number of hydrogen-bond donors (Lipinski definition) is 0. The molecule has 2 rings (SSSR count). The summed E-state index contributed by atoms with van der Waals surface area (Å²) >= 11 is 0. The van der Waals surface area contributed by atoms with Gasteiger partial charge in [0, 0.05) is 0 Å². The van der Waals surface area contributed by atoms with E-state index in [9.17, 15) is 13.8 Å². The van der Waals surface area contributed by atoms with E-state index >= 15 is 0 Å². The van der Waals surface area contributed by atoms with Crippen LogP contribution in [0.5, 0.6) is 0 Å². The lowest BCUT2D eigenvalue weighted by Crippen LogP contribution is -2.38. The van der Waals surface area contributed by atoms with E-state index in [2.05, 4.69) is 6.58 Å². The Bertz CT molecular complexity index is 864. The van der Waals surface area contributed by atoms with Gasteiger partial charge < -0.3 is 9.47 Å². The van der Waals surface area contributed by atoms with Crippen LogP contribution >= 0.6 is 0 Å². The Morgan fingerprint density at radius 3 is 2.18 bits per heavy atom. The Morgan fingerprint density at radius 2 is 1.64 bits per heavy atom. The van der Waals surface area contributed by atoms with Crippen molar-refractivity contribution >= 4 is 22.9 Å². The molecule has 0 aliphatic carbocycles. The number of methoxy groups -OCH3 is 2. The van der Waals surface area contributed by atoms with Crippen LogP contribution in [0.2, 0.25) is 0 Å². The number of ether oxygens (including phenoxy) is 2. The predicted molar refractivity (Wildman–Crippen MR) is 107 cm³/mol. The first-order valence-electron chi connectivity index (χ1n) is 8.53. The molecule has 0 N–H and O–H groups in total. The Labute approximate surface area is 167 Å². The maximum atomic E-state index is 13.4. The molecule has 0 bridgehead atoms. The lowest BCUT2D eigenvalue weighted by molar-refractivity contribution is -0.142. The molecule has 1 unspecified atom stereocenters. The van der Waals surface area contributed by atoms with Gasteiger partial charge in [-0.2, -0.15) is 4.31 Å². The third-order valence-electron chi connectivity index (χ3n) is 4.13. The van der Waals surface area contributed by atoms with Gasteiger partial charge in [-0.05, 0) is 24.6 Å². The summed E-state index contributed by atoms with van der Waals surface area (Å²) in [6.07, 6.45) is 0. The molecule has 0 amide bonds. The van der Waals surface area contributed by atoms with Gasteiger partial charge in [-0.3, -0.25) is 4.79 Å². The number of hydrogen-bond acceptors (Lipinski definition) is 5. The zero-order chi connectivity index (χ0) is 20.7. The molecule has 0 saturated carbocycles. The molecule has 0 heterocycles. The molecule has 28 heavy (non-hydrogen) atoms. The van der Waals surface area contributed by atoms with Gasteiger partial charge in [-0.25, -0.2) is 9.00 Å². The van der Waals surface area contributed by atoms with E-state index in [0.29, 0.717) is 10.5 Å². The smallest absolute Gasteiger partial charge is 0.335 e. The van der Waals surface area contributed by atoms with Crippen LogP contribution in [0.1, 0.15) is 17.2 Å². The van der Waals surface area contributed by atoms with Gasteiger partial charge in [0.1, 0.15) is 17.5 Å². The summed E-state index contributed by atoms with van der Waals surface area (Å²) in [4.78, 5) is 24.8. The second-order valence-corrected chi connectivity index (χ2v) is 7.48. The Balaban J connectivity index is 2.55. The summed E-state index contributed by atoms with van der Waals surface area (Å²) in [5, 5.41) is 0. The van der Waals surface area contributed by atoms with Crippen LogP contribution in [0.15, 0.2) is 71.6 Å². The summed E-state index contributed by atoms with van der Waals surface area (Å²) in [6, 6.07) is 15.2. The van der Waals surface area contributed by atoms with E-state index in [4.69, 9.17) is 9.47 Å². The Hall–Kier alpha value is -2.77. The summed E-state index contributed by atoms with van der Waals surface area (Å²) in [7, 11) is 0.742. The van der Waals surface area contributed by atoms with Gasteiger partial charge in [-0.15, -0.1) is 0 Å². The Morgan fingerprint density at radius 1 is 1.04 bits per heavy atom. The third-order valence-corrected chi connectivity index (χ3v) is 5.57. The molecule has 0 fully saturated rings. The van der Waals surface area contributed by atoms with E-state index in [1.807, 2.05) is 25.1 Å². The second-order valence-electron chi connectivity index (χ2n) is 6.04. The Kier molecular flexibility index (Phi) is 7.66. The molecule has 2 aromatic rings. The first-order chi connectivity index (χ1) is 13.4. The molecule has 0 aromatic heterocycles. The van der Waals surface area contributed by atoms with E-state index in [0.717, 1.165) is 5.56 Å². The largest absolute Gasteiger partial charge is 0.468 e. The quantitative estimate of drug-likeness (QED) is 0.502. The molecular weight excluding hydrogens is 378 g/mol. The number of aryl methyl sites for hydroxylation is 1. The molecule has 7 heteroatoms. The number of nitrogens with zero attached hydrogens (tertiary/aromatic N) is 1. The highest BCUT2D eigenvalue weighted by Crippen LogP contribution is 2.31. The van der Waals surface area contributed by atoms with Crippen LogP contribution in [0.4, 0.5) is 0 Å². The number of carbonyl (C=O) groups excluding carboxylic acids is 2. The maximum Gasteiger partial charge on any atom is 0.335 e. The van der Waals surface area contributed by atoms with E-state index < -0.39 is 29.0 Å². The topological polar surface area (TPSA) is 72.9 Å². The minimum absolute atomic E-state index is 0.0677. The van der Waals surface area contributed by atoms with Crippen molar-refractivity contribution in [2.45, 2.75) is 17.9 Å². The fourth-order valence-corrected chi connectivity index (χ4v) is 3.95. The lowest BCUT2D eigenvalue weighted by atomic mass is 10.00.